The quantitative estimate of drug-likeness (QED) is 0.531. The topological polar surface area (TPSA) is 4.41 Å². The van der Waals surface area contributed by atoms with Crippen LogP contribution in [0.2, 0.25) is 0 Å². The van der Waals surface area contributed by atoms with E-state index in [1.165, 1.54) is 13.0 Å². The van der Waals surface area contributed by atoms with E-state index in [1.54, 1.807) is 11.3 Å². The van der Waals surface area contributed by atoms with E-state index < -0.39 is 0 Å². The van der Waals surface area contributed by atoms with Gasteiger partial charge in [-0.2, -0.15) is 0 Å². The molecule has 0 aliphatic carbocycles. The predicted octanol–water partition coefficient (Wildman–Crippen LogP) is 2.58. The van der Waals surface area contributed by atoms with Gasteiger partial charge < -0.3 is 4.40 Å². The fourth-order valence-electron chi connectivity index (χ4n) is 0.661. The Morgan fingerprint density at radius 1 is 1.62 bits per heavy atom. The van der Waals surface area contributed by atoms with E-state index in [4.69, 9.17) is 0 Å². The van der Waals surface area contributed by atoms with Crippen molar-refractivity contribution in [3.8, 4) is 0 Å². The molecule has 40 valence electrons. The molecule has 2 aromatic rings. The van der Waals surface area contributed by atoms with Crippen molar-refractivity contribution >= 4 is 24.4 Å². The van der Waals surface area contributed by atoms with Crippen molar-refractivity contribution in [2.75, 3.05) is 0 Å². The molecule has 3 heteroatoms. The SMILES string of the molecule is c1cn2cpcc2s1. The second kappa shape index (κ2) is 1.57. The Balaban J connectivity index is 3.06. The van der Waals surface area contributed by atoms with Crippen LogP contribution in [-0.2, 0) is 0 Å². The third kappa shape index (κ3) is 0.504. The third-order valence-electron chi connectivity index (χ3n) is 1.04. The zero-order valence-corrected chi connectivity index (χ0v) is 5.82. The Bertz CT molecular complexity index is 234. The van der Waals surface area contributed by atoms with Gasteiger partial charge in [-0.1, -0.05) is 8.19 Å². The van der Waals surface area contributed by atoms with Gasteiger partial charge in [0.05, 0.1) is 0 Å². The minimum atomic E-state index is 1.31. The number of nitrogens with zero attached hydrogens (tertiary/aromatic N) is 1. The van der Waals surface area contributed by atoms with Crippen molar-refractivity contribution in [3.05, 3.63) is 23.3 Å². The summed E-state index contributed by atoms with van der Waals surface area (Å²) >= 11 is 1.78. The maximum Gasteiger partial charge on any atom is 0.104 e. The Morgan fingerprint density at radius 2 is 2.62 bits per heavy atom. The van der Waals surface area contributed by atoms with Crippen LogP contribution in [0.3, 0.4) is 0 Å². The molecule has 8 heavy (non-hydrogen) atoms. The van der Waals surface area contributed by atoms with Crippen LogP contribution < -0.4 is 0 Å². The molecule has 2 aromatic heterocycles. The summed E-state index contributed by atoms with van der Waals surface area (Å²) in [6, 6.07) is 0. The first kappa shape index (κ1) is 4.54. The second-order valence-electron chi connectivity index (χ2n) is 1.54. The standard InChI is InChI=1S/C5H4NPS/c1-2-8-5-3-7-4-6(1)5/h1-4H. The van der Waals surface area contributed by atoms with E-state index in [1.807, 2.05) is 0 Å². The summed E-state index contributed by atoms with van der Waals surface area (Å²) < 4.78 is 2.15. The van der Waals surface area contributed by atoms with Crippen molar-refractivity contribution in [1.82, 2.24) is 4.40 Å². The highest BCUT2D eigenvalue weighted by Crippen LogP contribution is 2.17. The summed E-state index contributed by atoms with van der Waals surface area (Å²) in [5, 5.41) is 2.09. The van der Waals surface area contributed by atoms with Crippen molar-refractivity contribution in [2.45, 2.75) is 0 Å². The largest absolute Gasteiger partial charge is 0.310 e. The number of rotatable bonds is 0. The summed E-state index contributed by atoms with van der Waals surface area (Å²) in [5.41, 5.74) is 0. The fraction of sp³-hybridized carbons (Fsp3) is 0. The van der Waals surface area contributed by atoms with Crippen LogP contribution in [0, 0.1) is 0 Å². The van der Waals surface area contributed by atoms with Gasteiger partial charge in [-0.3, -0.25) is 0 Å². The van der Waals surface area contributed by atoms with Gasteiger partial charge in [-0.15, -0.1) is 11.3 Å². The number of thiazole rings is 1. The summed E-state index contributed by atoms with van der Waals surface area (Å²) in [5.74, 6) is 4.34. The fourth-order valence-corrected chi connectivity index (χ4v) is 2.40. The van der Waals surface area contributed by atoms with E-state index in [-0.39, 0.29) is 0 Å². The highest BCUT2D eigenvalue weighted by atomic mass is 32.1. The molecule has 0 N–H and O–H groups in total. The lowest BCUT2D eigenvalue weighted by Crippen LogP contribution is -1.64. The third-order valence-corrected chi connectivity index (χ3v) is 2.82. The van der Waals surface area contributed by atoms with Crippen LogP contribution >= 0.6 is 19.5 Å². The van der Waals surface area contributed by atoms with Gasteiger partial charge in [-0.05, 0) is 0 Å². The van der Waals surface area contributed by atoms with E-state index in [0.717, 1.165) is 0 Å². The maximum atomic E-state index is 2.20. The van der Waals surface area contributed by atoms with Crippen LogP contribution in [0.1, 0.15) is 0 Å². The van der Waals surface area contributed by atoms with Crippen molar-refractivity contribution in [2.24, 2.45) is 0 Å². The molecule has 0 radical (unpaired) electrons. The molecular formula is C5H4NPS. The van der Waals surface area contributed by atoms with Crippen LogP contribution in [0.25, 0.3) is 4.83 Å². The molecule has 2 rings (SSSR count). The molecule has 0 saturated heterocycles. The summed E-state index contributed by atoms with van der Waals surface area (Å²) in [7, 11) is 1.31. The van der Waals surface area contributed by atoms with Gasteiger partial charge in [-0.25, -0.2) is 0 Å². The average molecular weight is 141 g/mol. The number of hydrogen-bond donors (Lipinski definition) is 0. The van der Waals surface area contributed by atoms with Crippen molar-refractivity contribution in [1.29, 1.82) is 0 Å². The zero-order chi connectivity index (χ0) is 5.40. The van der Waals surface area contributed by atoms with E-state index in [9.17, 15) is 0 Å². The first-order chi connectivity index (χ1) is 3.97. The van der Waals surface area contributed by atoms with Gasteiger partial charge in [0.2, 0.25) is 0 Å². The number of fused-ring (bicyclic) bond motifs is 1. The molecule has 2 heterocycles. The minimum Gasteiger partial charge on any atom is -0.310 e. The Labute approximate surface area is 52.7 Å². The highest BCUT2D eigenvalue weighted by Gasteiger charge is 1.87. The van der Waals surface area contributed by atoms with E-state index in [2.05, 4.69) is 27.7 Å². The molecule has 0 bridgehead atoms. The first-order valence-corrected chi connectivity index (χ1v) is 4.23. The van der Waals surface area contributed by atoms with Gasteiger partial charge >= 0.3 is 0 Å². The van der Waals surface area contributed by atoms with Gasteiger partial charge in [0, 0.05) is 23.3 Å². The molecule has 0 saturated carbocycles. The molecule has 0 aromatic carbocycles. The zero-order valence-electron chi connectivity index (χ0n) is 4.11. The molecular weight excluding hydrogens is 137 g/mol. The second-order valence-corrected chi connectivity index (χ2v) is 3.26. The molecule has 0 fully saturated rings. The molecule has 0 aliphatic heterocycles. The average Bonchev–Trinajstić information content (AvgIpc) is 2.15. The van der Waals surface area contributed by atoms with Gasteiger partial charge in [0.1, 0.15) is 4.83 Å². The Kier molecular flexibility index (Phi) is 0.893. The maximum absolute atomic E-state index is 2.20. The molecule has 0 aliphatic rings. The molecule has 0 amide bonds. The smallest absolute Gasteiger partial charge is 0.104 e. The minimum absolute atomic E-state index is 1.31. The summed E-state index contributed by atoms with van der Waals surface area (Å²) in [6.45, 7) is 0. The van der Waals surface area contributed by atoms with E-state index >= 15 is 0 Å². The van der Waals surface area contributed by atoms with Gasteiger partial charge in [0.25, 0.3) is 0 Å². The van der Waals surface area contributed by atoms with Crippen molar-refractivity contribution < 1.29 is 0 Å². The van der Waals surface area contributed by atoms with Crippen LogP contribution in [0.4, 0.5) is 0 Å². The van der Waals surface area contributed by atoms with Crippen LogP contribution in [-0.4, -0.2) is 4.40 Å². The summed E-state index contributed by atoms with van der Waals surface area (Å²) in [6.07, 6.45) is 2.08. The predicted molar refractivity (Wildman–Crippen MR) is 37.8 cm³/mol. The first-order valence-electron chi connectivity index (χ1n) is 2.32. The molecule has 0 atom stereocenters. The lowest BCUT2D eigenvalue weighted by molar-refractivity contribution is 1.26. The normalized spacial score (nSPS) is 11.5. The van der Waals surface area contributed by atoms with E-state index in [0.29, 0.717) is 0 Å². The number of hydrogen-bond acceptors (Lipinski definition) is 1. The van der Waals surface area contributed by atoms with Gasteiger partial charge in [0.15, 0.2) is 0 Å². The highest BCUT2D eigenvalue weighted by molar-refractivity contribution is 7.30. The van der Waals surface area contributed by atoms with Crippen LogP contribution in [0.5, 0.6) is 0 Å². The molecule has 0 spiro atoms. The Morgan fingerprint density at radius 3 is 3.50 bits per heavy atom. The molecule has 1 nitrogen and oxygen atoms in total. The summed E-state index contributed by atoms with van der Waals surface area (Å²) in [4.78, 5) is 1.35. The lowest BCUT2D eigenvalue weighted by atomic mass is 10.9. The van der Waals surface area contributed by atoms with Crippen molar-refractivity contribution in [3.63, 3.8) is 0 Å². The monoisotopic (exact) mass is 141 g/mol. The number of aromatic nitrogens is 1. The van der Waals surface area contributed by atoms with Crippen LogP contribution in [0.15, 0.2) is 23.3 Å². The Hall–Kier alpha value is -0.330. The molecule has 0 unspecified atom stereocenters. The lowest BCUT2D eigenvalue weighted by Gasteiger charge is -1.73.